The minimum absolute atomic E-state index is 0.0736. The van der Waals surface area contributed by atoms with Crippen LogP contribution in [0.2, 0.25) is 0 Å². The molecular formula is C17H18FNO7S. The molecule has 0 aliphatic carbocycles. The van der Waals surface area contributed by atoms with Crippen LogP contribution in [-0.2, 0) is 14.8 Å². The van der Waals surface area contributed by atoms with Crippen molar-refractivity contribution < 1.29 is 36.6 Å². The molecule has 0 atom stereocenters. The van der Waals surface area contributed by atoms with E-state index in [1.54, 1.807) is 0 Å². The number of nitrogens with one attached hydrogen (secondary N) is 1. The number of hydrogen-bond acceptors (Lipinski definition) is 7. The average Bonchev–Trinajstić information content (AvgIpc) is 2.66. The van der Waals surface area contributed by atoms with Crippen LogP contribution >= 0.6 is 0 Å². The van der Waals surface area contributed by atoms with Crippen LogP contribution in [0.5, 0.6) is 17.2 Å². The van der Waals surface area contributed by atoms with Crippen molar-refractivity contribution in [2.45, 2.75) is 4.90 Å². The van der Waals surface area contributed by atoms with Crippen LogP contribution in [0.25, 0.3) is 0 Å². The minimum atomic E-state index is -4.17. The normalized spacial score (nSPS) is 10.9. The first kappa shape index (κ1) is 20.3. The molecule has 0 fully saturated rings. The molecule has 0 saturated heterocycles. The number of carbonyl (C=O) groups is 1. The number of benzene rings is 2. The second-order valence-electron chi connectivity index (χ2n) is 5.12. The van der Waals surface area contributed by atoms with E-state index in [1.165, 1.54) is 27.4 Å². The summed E-state index contributed by atoms with van der Waals surface area (Å²) in [6, 6.07) is 5.43. The Hall–Kier alpha value is -3.01. The molecule has 0 heterocycles. The molecule has 0 spiro atoms. The van der Waals surface area contributed by atoms with E-state index < -0.39 is 21.8 Å². The van der Waals surface area contributed by atoms with E-state index in [4.69, 9.17) is 18.9 Å². The third-order valence-electron chi connectivity index (χ3n) is 3.60. The first-order chi connectivity index (χ1) is 12.8. The molecule has 0 amide bonds. The molecule has 0 saturated carbocycles. The lowest BCUT2D eigenvalue weighted by Gasteiger charge is -2.19. The second-order valence-corrected chi connectivity index (χ2v) is 6.80. The summed E-state index contributed by atoms with van der Waals surface area (Å²) in [7, 11) is 0.920. The smallest absolute Gasteiger partial charge is 0.340 e. The highest BCUT2D eigenvalue weighted by Crippen LogP contribution is 2.46. The Kier molecular flexibility index (Phi) is 6.11. The molecule has 8 nitrogen and oxygen atoms in total. The fourth-order valence-corrected chi connectivity index (χ4v) is 3.42. The monoisotopic (exact) mass is 399 g/mol. The van der Waals surface area contributed by atoms with Gasteiger partial charge in [-0.2, -0.15) is 0 Å². The summed E-state index contributed by atoms with van der Waals surface area (Å²) in [5.74, 6) is -1.29. The van der Waals surface area contributed by atoms with Crippen LogP contribution in [0, 0.1) is 5.82 Å². The Bertz CT molecular complexity index is 943. The standard InChI is InChI=1S/C17H18FNO7S/c1-23-13-9-12(17(20)26-4)14(16(25-3)15(13)24-2)19-27(21,22)11-7-5-10(18)6-8-11/h5-9,19H,1-4H3. The molecule has 2 aromatic rings. The summed E-state index contributed by atoms with van der Waals surface area (Å²) in [6.07, 6.45) is 0. The average molecular weight is 399 g/mol. The highest BCUT2D eigenvalue weighted by atomic mass is 32.2. The Labute approximate surface area is 155 Å². The maximum atomic E-state index is 13.1. The SMILES string of the molecule is COC(=O)c1cc(OC)c(OC)c(OC)c1NS(=O)(=O)c1ccc(F)cc1. The second kappa shape index (κ2) is 8.12. The van der Waals surface area contributed by atoms with Crippen molar-refractivity contribution in [3.8, 4) is 17.2 Å². The van der Waals surface area contributed by atoms with Crippen molar-refractivity contribution in [2.75, 3.05) is 33.2 Å². The maximum absolute atomic E-state index is 13.1. The zero-order valence-electron chi connectivity index (χ0n) is 15.0. The summed E-state index contributed by atoms with van der Waals surface area (Å²) in [6.45, 7) is 0. The number of carbonyl (C=O) groups excluding carboxylic acids is 1. The van der Waals surface area contributed by atoms with Gasteiger partial charge in [0.15, 0.2) is 11.5 Å². The fourth-order valence-electron chi connectivity index (χ4n) is 2.34. The van der Waals surface area contributed by atoms with Crippen LogP contribution in [-0.4, -0.2) is 42.8 Å². The van der Waals surface area contributed by atoms with Gasteiger partial charge in [-0.15, -0.1) is 0 Å². The third-order valence-corrected chi connectivity index (χ3v) is 4.96. The molecule has 0 aliphatic heterocycles. The van der Waals surface area contributed by atoms with E-state index in [-0.39, 0.29) is 33.4 Å². The zero-order chi connectivity index (χ0) is 20.2. The molecule has 2 aromatic carbocycles. The number of hydrogen-bond donors (Lipinski definition) is 1. The molecule has 146 valence electrons. The Morgan fingerprint density at radius 3 is 2.04 bits per heavy atom. The summed E-state index contributed by atoms with van der Waals surface area (Å²) < 4.78 is 61.1. The van der Waals surface area contributed by atoms with Crippen molar-refractivity contribution in [3.05, 3.63) is 41.7 Å². The van der Waals surface area contributed by atoms with Crippen molar-refractivity contribution in [1.29, 1.82) is 0 Å². The number of esters is 1. The van der Waals surface area contributed by atoms with Crippen LogP contribution in [0.15, 0.2) is 35.2 Å². The highest BCUT2D eigenvalue weighted by Gasteiger charge is 2.28. The zero-order valence-corrected chi connectivity index (χ0v) is 15.8. The molecule has 1 N–H and O–H groups in total. The van der Waals surface area contributed by atoms with E-state index in [0.717, 1.165) is 31.4 Å². The van der Waals surface area contributed by atoms with Crippen LogP contribution in [0.1, 0.15) is 10.4 Å². The molecular weight excluding hydrogens is 381 g/mol. The molecule has 0 radical (unpaired) electrons. The van der Waals surface area contributed by atoms with Crippen molar-refractivity contribution in [1.82, 2.24) is 0 Å². The summed E-state index contributed by atoms with van der Waals surface area (Å²) in [4.78, 5) is 12.0. The Morgan fingerprint density at radius 1 is 0.963 bits per heavy atom. The van der Waals surface area contributed by atoms with Crippen LogP contribution in [0.3, 0.4) is 0 Å². The Balaban J connectivity index is 2.69. The maximum Gasteiger partial charge on any atom is 0.340 e. The van der Waals surface area contributed by atoms with E-state index in [1.807, 2.05) is 0 Å². The number of anilines is 1. The largest absolute Gasteiger partial charge is 0.493 e. The summed E-state index contributed by atoms with van der Waals surface area (Å²) in [5, 5.41) is 0. The van der Waals surface area contributed by atoms with Gasteiger partial charge in [-0.05, 0) is 24.3 Å². The lowest BCUT2D eigenvalue weighted by atomic mass is 10.1. The fraction of sp³-hybridized carbons (Fsp3) is 0.235. The number of ether oxygens (including phenoxy) is 4. The van der Waals surface area contributed by atoms with Gasteiger partial charge in [-0.3, -0.25) is 4.72 Å². The van der Waals surface area contributed by atoms with Gasteiger partial charge >= 0.3 is 5.97 Å². The van der Waals surface area contributed by atoms with E-state index in [0.29, 0.717) is 0 Å². The predicted octanol–water partition coefficient (Wildman–Crippen LogP) is 2.44. The number of halogens is 1. The summed E-state index contributed by atoms with van der Waals surface area (Å²) >= 11 is 0. The van der Waals surface area contributed by atoms with Gasteiger partial charge in [0.05, 0.1) is 38.9 Å². The predicted molar refractivity (Wildman–Crippen MR) is 94.6 cm³/mol. The number of rotatable bonds is 7. The number of methoxy groups -OCH3 is 4. The molecule has 0 aliphatic rings. The molecule has 27 heavy (non-hydrogen) atoms. The van der Waals surface area contributed by atoms with Crippen LogP contribution < -0.4 is 18.9 Å². The minimum Gasteiger partial charge on any atom is -0.493 e. The molecule has 2 rings (SSSR count). The van der Waals surface area contributed by atoms with E-state index in [9.17, 15) is 17.6 Å². The quantitative estimate of drug-likeness (QED) is 0.714. The molecule has 10 heteroatoms. The lowest BCUT2D eigenvalue weighted by molar-refractivity contribution is 0.0601. The van der Waals surface area contributed by atoms with Gasteiger partial charge in [0.2, 0.25) is 5.75 Å². The van der Waals surface area contributed by atoms with Gasteiger partial charge < -0.3 is 18.9 Å². The molecule has 0 unspecified atom stereocenters. The van der Waals surface area contributed by atoms with Gasteiger partial charge in [0.25, 0.3) is 10.0 Å². The van der Waals surface area contributed by atoms with Crippen molar-refractivity contribution >= 4 is 21.7 Å². The van der Waals surface area contributed by atoms with Crippen LogP contribution in [0.4, 0.5) is 10.1 Å². The third kappa shape index (κ3) is 4.05. The Morgan fingerprint density at radius 2 is 1.56 bits per heavy atom. The highest BCUT2D eigenvalue weighted by molar-refractivity contribution is 7.92. The molecule has 0 bridgehead atoms. The lowest BCUT2D eigenvalue weighted by Crippen LogP contribution is -2.17. The van der Waals surface area contributed by atoms with Gasteiger partial charge in [0, 0.05) is 6.07 Å². The van der Waals surface area contributed by atoms with E-state index >= 15 is 0 Å². The summed E-state index contributed by atoms with van der Waals surface area (Å²) in [5.41, 5.74) is -0.357. The number of sulfonamides is 1. The van der Waals surface area contributed by atoms with Gasteiger partial charge in [-0.1, -0.05) is 0 Å². The van der Waals surface area contributed by atoms with Gasteiger partial charge in [0.1, 0.15) is 11.5 Å². The topological polar surface area (TPSA) is 100 Å². The first-order valence-electron chi connectivity index (χ1n) is 7.48. The van der Waals surface area contributed by atoms with Gasteiger partial charge in [-0.25, -0.2) is 17.6 Å². The van der Waals surface area contributed by atoms with Crippen molar-refractivity contribution in [2.24, 2.45) is 0 Å². The molecule has 0 aromatic heterocycles. The van der Waals surface area contributed by atoms with Crippen molar-refractivity contribution in [3.63, 3.8) is 0 Å². The van der Waals surface area contributed by atoms with E-state index in [2.05, 4.69) is 4.72 Å². The first-order valence-corrected chi connectivity index (χ1v) is 8.97.